The third-order valence-corrected chi connectivity index (χ3v) is 13.2. The largest absolute Gasteiger partial charge is 0.363 e. The maximum Gasteiger partial charge on any atom is 0.315 e. The van der Waals surface area contributed by atoms with Crippen LogP contribution in [0.25, 0.3) is 0 Å². The Morgan fingerprint density at radius 1 is 1.04 bits per heavy atom. The molecule has 1 aromatic carbocycles. The molecule has 0 spiro atoms. The quantitative estimate of drug-likeness (QED) is 0.216. The number of hydrogen-bond donors (Lipinski definition) is 4. The number of rotatable bonds is 14. The van der Waals surface area contributed by atoms with Gasteiger partial charge in [0.1, 0.15) is 6.04 Å². The number of sulfone groups is 1. The van der Waals surface area contributed by atoms with Crippen molar-refractivity contribution >= 4 is 33.5 Å². The highest BCUT2D eigenvalue weighted by Crippen LogP contribution is 2.65. The molecule has 1 aromatic rings. The minimum absolute atomic E-state index is 0.00157. The van der Waals surface area contributed by atoms with E-state index in [1.54, 1.807) is 30.3 Å². The van der Waals surface area contributed by atoms with E-state index in [9.17, 15) is 27.6 Å². The molecular formula is C36H57N5O6S. The van der Waals surface area contributed by atoms with Crippen molar-refractivity contribution in [3.8, 4) is 0 Å². The number of nitrogens with one attached hydrogen (secondary N) is 3. The van der Waals surface area contributed by atoms with Gasteiger partial charge in [0.05, 0.1) is 28.3 Å². The lowest BCUT2D eigenvalue weighted by Crippen LogP contribution is -2.63. The smallest absolute Gasteiger partial charge is 0.315 e. The summed E-state index contributed by atoms with van der Waals surface area (Å²) in [4.78, 5) is 55.1. The van der Waals surface area contributed by atoms with Crippen molar-refractivity contribution in [1.82, 2.24) is 20.9 Å². The molecule has 2 aliphatic carbocycles. The molecular weight excluding hydrogens is 630 g/mol. The summed E-state index contributed by atoms with van der Waals surface area (Å²) in [5.74, 6) is -1.47. The highest BCUT2D eigenvalue weighted by Gasteiger charge is 2.69. The van der Waals surface area contributed by atoms with E-state index < -0.39 is 50.6 Å². The van der Waals surface area contributed by atoms with Crippen LogP contribution in [0.3, 0.4) is 0 Å². The van der Waals surface area contributed by atoms with Gasteiger partial charge in [-0.05, 0) is 66.9 Å². The third-order valence-electron chi connectivity index (χ3n) is 11.3. The van der Waals surface area contributed by atoms with E-state index in [0.717, 1.165) is 19.3 Å². The number of benzene rings is 1. The lowest BCUT2D eigenvalue weighted by atomic mass is 9.84. The van der Waals surface area contributed by atoms with Crippen LogP contribution in [0.1, 0.15) is 93.9 Å². The molecule has 0 bridgehead atoms. The molecule has 4 rings (SSSR count). The van der Waals surface area contributed by atoms with E-state index in [1.807, 2.05) is 46.4 Å². The zero-order valence-electron chi connectivity index (χ0n) is 30.0. The van der Waals surface area contributed by atoms with Gasteiger partial charge in [-0.25, -0.2) is 13.2 Å². The molecule has 3 fully saturated rings. The van der Waals surface area contributed by atoms with Gasteiger partial charge in [0, 0.05) is 12.6 Å². The molecule has 0 radical (unpaired) electrons. The Morgan fingerprint density at radius 2 is 1.65 bits per heavy atom. The molecule has 1 heterocycles. The predicted octanol–water partition coefficient (Wildman–Crippen LogP) is 3.81. The number of amides is 4. The van der Waals surface area contributed by atoms with E-state index in [2.05, 4.69) is 29.8 Å². The standard InChI is InChI=1S/C36H57N5O6S/c1-9-22(2)19-26(29(42)31(37)43)38-23(3)28-27-25(35(27,7)8)20-41(28)32(44)30(34(4,5)6)39-33(45)40-36(17-13-14-18-36)21-48(46,47)24-15-11-10-12-16-24/h10-12,15-16,22-23,25-28,30,38H,9,13-14,17-21H2,1-8H3,(H2,37,43)(H2,39,40,45)/t22?,23?,25?,26?,27?,28?,30-/m1/s1. The Morgan fingerprint density at radius 3 is 2.19 bits per heavy atom. The first kappa shape index (κ1) is 37.8. The summed E-state index contributed by atoms with van der Waals surface area (Å²) in [7, 11) is -3.67. The first-order chi connectivity index (χ1) is 22.2. The number of urea groups is 1. The van der Waals surface area contributed by atoms with E-state index >= 15 is 0 Å². The lowest BCUT2D eigenvalue weighted by Gasteiger charge is -2.41. The van der Waals surface area contributed by atoms with Gasteiger partial charge in [-0.3, -0.25) is 14.4 Å². The minimum atomic E-state index is -3.67. The van der Waals surface area contributed by atoms with Gasteiger partial charge >= 0.3 is 6.03 Å². The van der Waals surface area contributed by atoms with Crippen LogP contribution in [0.2, 0.25) is 0 Å². The normalized spacial score (nSPS) is 25.3. The van der Waals surface area contributed by atoms with Crippen molar-refractivity contribution in [3.63, 3.8) is 0 Å². The van der Waals surface area contributed by atoms with Gasteiger partial charge in [-0.1, -0.05) is 85.9 Å². The molecule has 0 aromatic heterocycles. The number of carbonyl (C=O) groups is 4. The number of hydrogen-bond acceptors (Lipinski definition) is 7. The monoisotopic (exact) mass is 687 g/mol. The Kier molecular flexibility index (Phi) is 11.1. The molecule has 268 valence electrons. The van der Waals surface area contributed by atoms with Gasteiger partial charge in [-0.15, -0.1) is 0 Å². The summed E-state index contributed by atoms with van der Waals surface area (Å²) in [6, 6.07) is 5.42. The molecule has 48 heavy (non-hydrogen) atoms. The highest BCUT2D eigenvalue weighted by molar-refractivity contribution is 7.91. The molecule has 7 atom stereocenters. The molecule has 6 unspecified atom stereocenters. The average molecular weight is 688 g/mol. The number of primary amides is 1. The number of nitrogens with zero attached hydrogens (tertiary/aromatic N) is 1. The number of likely N-dealkylation sites (tertiary alicyclic amines) is 1. The van der Waals surface area contributed by atoms with Crippen molar-refractivity contribution in [1.29, 1.82) is 0 Å². The van der Waals surface area contributed by atoms with Crippen molar-refractivity contribution < 1.29 is 27.6 Å². The van der Waals surface area contributed by atoms with Crippen LogP contribution >= 0.6 is 0 Å². The SMILES string of the molecule is CCC(C)CC(NC(C)C1C2C(CN1C(=O)[C@@H](NC(=O)NC1(CS(=O)(=O)c3ccccc3)CCCC1)C(C)(C)C)C2(C)C)C(=O)C(N)=O. The van der Waals surface area contributed by atoms with E-state index in [0.29, 0.717) is 25.8 Å². The molecule has 2 saturated carbocycles. The molecule has 3 aliphatic rings. The van der Waals surface area contributed by atoms with Crippen molar-refractivity contribution in [2.75, 3.05) is 12.3 Å². The van der Waals surface area contributed by atoms with Crippen molar-refractivity contribution in [2.45, 2.75) is 129 Å². The fourth-order valence-corrected chi connectivity index (χ4v) is 10.0. The van der Waals surface area contributed by atoms with E-state index in [-0.39, 0.29) is 51.8 Å². The summed E-state index contributed by atoms with van der Waals surface area (Å²) in [5.41, 5.74) is 3.82. The van der Waals surface area contributed by atoms with Crippen LogP contribution < -0.4 is 21.7 Å². The summed E-state index contributed by atoms with van der Waals surface area (Å²) in [6.45, 7) is 16.6. The second kappa shape index (κ2) is 14.1. The van der Waals surface area contributed by atoms with Gasteiger partial charge in [0.15, 0.2) is 9.84 Å². The molecule has 11 nitrogen and oxygen atoms in total. The average Bonchev–Trinajstić information content (AvgIpc) is 3.37. The van der Waals surface area contributed by atoms with E-state index in [1.165, 1.54) is 0 Å². The molecule has 1 aliphatic heterocycles. The second-order valence-corrected chi connectivity index (χ2v) is 18.4. The summed E-state index contributed by atoms with van der Waals surface area (Å²) in [6.07, 6.45) is 3.93. The van der Waals surface area contributed by atoms with Crippen molar-refractivity contribution in [3.05, 3.63) is 30.3 Å². The highest BCUT2D eigenvalue weighted by atomic mass is 32.2. The Labute approximate surface area is 286 Å². The van der Waals surface area contributed by atoms with Crippen LogP contribution in [0, 0.1) is 28.6 Å². The maximum atomic E-state index is 14.5. The summed E-state index contributed by atoms with van der Waals surface area (Å²) < 4.78 is 26.7. The molecule has 1 saturated heterocycles. The topological polar surface area (TPSA) is 168 Å². The number of piperidine rings is 1. The van der Waals surface area contributed by atoms with Gasteiger partial charge in [0.2, 0.25) is 11.7 Å². The van der Waals surface area contributed by atoms with Crippen molar-refractivity contribution in [2.24, 2.45) is 34.3 Å². The van der Waals surface area contributed by atoms with Crippen LogP contribution in [0.5, 0.6) is 0 Å². The van der Waals surface area contributed by atoms with Gasteiger partial charge < -0.3 is 26.6 Å². The first-order valence-electron chi connectivity index (χ1n) is 17.5. The number of fused-ring (bicyclic) bond motifs is 1. The minimum Gasteiger partial charge on any atom is -0.363 e. The Balaban J connectivity index is 1.55. The predicted molar refractivity (Wildman–Crippen MR) is 186 cm³/mol. The third kappa shape index (κ3) is 8.07. The second-order valence-electron chi connectivity index (χ2n) is 16.4. The number of Topliss-reactive ketones (excluding diaryl/α,β-unsaturated/α-hetero) is 1. The summed E-state index contributed by atoms with van der Waals surface area (Å²) in [5, 5.41) is 9.36. The number of ketones is 1. The van der Waals surface area contributed by atoms with Crippen LogP contribution in [-0.2, 0) is 24.2 Å². The fraction of sp³-hybridized carbons (Fsp3) is 0.722. The lowest BCUT2D eigenvalue weighted by molar-refractivity contribution is -0.139. The van der Waals surface area contributed by atoms with Gasteiger partial charge in [0.25, 0.3) is 5.91 Å². The zero-order chi connectivity index (χ0) is 35.8. The zero-order valence-corrected chi connectivity index (χ0v) is 30.8. The first-order valence-corrected chi connectivity index (χ1v) is 19.2. The fourth-order valence-electron chi connectivity index (χ4n) is 8.22. The van der Waals surface area contributed by atoms with Crippen LogP contribution in [0.4, 0.5) is 4.79 Å². The Hall–Kier alpha value is -2.99. The number of nitrogens with two attached hydrogens (primary N) is 1. The Bertz CT molecular complexity index is 1470. The summed E-state index contributed by atoms with van der Waals surface area (Å²) >= 11 is 0. The van der Waals surface area contributed by atoms with E-state index in [4.69, 9.17) is 5.73 Å². The van der Waals surface area contributed by atoms with Crippen LogP contribution in [0.15, 0.2) is 35.2 Å². The van der Waals surface area contributed by atoms with Crippen LogP contribution in [-0.4, -0.2) is 79.0 Å². The van der Waals surface area contributed by atoms with Gasteiger partial charge in [-0.2, -0.15) is 0 Å². The molecule has 4 amide bonds. The maximum absolute atomic E-state index is 14.5. The molecule has 12 heteroatoms. The number of carbonyl (C=O) groups excluding carboxylic acids is 4. The molecule has 5 N–H and O–H groups in total.